The van der Waals surface area contributed by atoms with E-state index >= 15 is 0 Å². The van der Waals surface area contributed by atoms with Crippen LogP contribution in [-0.4, -0.2) is 63.9 Å². The molecule has 6 heteroatoms. The minimum Gasteiger partial charge on any atom is -0.493 e. The van der Waals surface area contributed by atoms with Crippen LogP contribution in [0.3, 0.4) is 0 Å². The van der Waals surface area contributed by atoms with Crippen LogP contribution in [0.2, 0.25) is 0 Å². The van der Waals surface area contributed by atoms with E-state index in [0.717, 1.165) is 39.3 Å². The molecule has 1 aliphatic rings. The fourth-order valence-corrected chi connectivity index (χ4v) is 2.64. The number of morpholine rings is 1. The number of benzene rings is 1. The molecule has 1 aromatic carbocycles. The van der Waals surface area contributed by atoms with E-state index in [1.165, 1.54) is 7.11 Å². The largest absolute Gasteiger partial charge is 0.493 e. The van der Waals surface area contributed by atoms with Crippen molar-refractivity contribution in [3.63, 3.8) is 0 Å². The number of nitrogens with zero attached hydrogens (tertiary/aromatic N) is 1. The number of nitrogens with one attached hydrogen (secondary N) is 1. The molecule has 23 heavy (non-hydrogen) atoms. The number of rotatable bonds is 7. The molecule has 2 rings (SSSR count). The van der Waals surface area contributed by atoms with Gasteiger partial charge >= 0.3 is 0 Å². The van der Waals surface area contributed by atoms with Gasteiger partial charge in [0.2, 0.25) is 0 Å². The molecule has 0 spiro atoms. The number of ether oxygens (including phenoxy) is 3. The highest BCUT2D eigenvalue weighted by atomic mass is 16.5. The Labute approximate surface area is 137 Å². The van der Waals surface area contributed by atoms with Crippen molar-refractivity contribution in [1.29, 1.82) is 0 Å². The Bertz CT molecular complexity index is 515. The number of hydrogen-bond donors (Lipinski definition) is 1. The second kappa shape index (κ2) is 8.74. The van der Waals surface area contributed by atoms with Crippen molar-refractivity contribution in [3.05, 3.63) is 23.8 Å². The number of carbonyl (C=O) groups is 1. The second-order valence-electron chi connectivity index (χ2n) is 5.66. The molecular formula is C17H26N2O4. The third-order valence-corrected chi connectivity index (χ3v) is 4.01. The van der Waals surface area contributed by atoms with Gasteiger partial charge < -0.3 is 19.5 Å². The summed E-state index contributed by atoms with van der Waals surface area (Å²) in [6.45, 7) is 6.49. The van der Waals surface area contributed by atoms with E-state index in [-0.39, 0.29) is 11.9 Å². The Morgan fingerprint density at radius 3 is 2.70 bits per heavy atom. The Kier molecular flexibility index (Phi) is 6.67. The van der Waals surface area contributed by atoms with Gasteiger partial charge in [0.25, 0.3) is 5.91 Å². The van der Waals surface area contributed by atoms with Crippen LogP contribution < -0.4 is 14.8 Å². The molecule has 1 atom stereocenters. The van der Waals surface area contributed by atoms with Crippen LogP contribution >= 0.6 is 0 Å². The van der Waals surface area contributed by atoms with E-state index in [4.69, 9.17) is 14.2 Å². The Morgan fingerprint density at radius 2 is 2.04 bits per heavy atom. The molecule has 1 N–H and O–H groups in total. The summed E-state index contributed by atoms with van der Waals surface area (Å²) in [7, 11) is 3.10. The van der Waals surface area contributed by atoms with Crippen molar-refractivity contribution in [2.24, 2.45) is 0 Å². The minimum absolute atomic E-state index is 0.0845. The third kappa shape index (κ3) is 4.84. The zero-order valence-corrected chi connectivity index (χ0v) is 14.1. The van der Waals surface area contributed by atoms with E-state index in [1.54, 1.807) is 25.3 Å². The maximum atomic E-state index is 12.5. The molecule has 0 bridgehead atoms. The minimum atomic E-state index is -0.143. The summed E-state index contributed by atoms with van der Waals surface area (Å²) in [4.78, 5) is 14.8. The van der Waals surface area contributed by atoms with Crippen LogP contribution in [0, 0.1) is 0 Å². The first-order valence-corrected chi connectivity index (χ1v) is 7.97. The van der Waals surface area contributed by atoms with Gasteiger partial charge in [-0.2, -0.15) is 0 Å². The highest BCUT2D eigenvalue weighted by molar-refractivity contribution is 5.98. The average molecular weight is 322 g/mol. The second-order valence-corrected chi connectivity index (χ2v) is 5.66. The van der Waals surface area contributed by atoms with E-state index in [2.05, 4.69) is 10.2 Å². The van der Waals surface area contributed by atoms with Crippen LogP contribution in [0.25, 0.3) is 0 Å². The first-order valence-electron chi connectivity index (χ1n) is 7.97. The Morgan fingerprint density at radius 1 is 1.30 bits per heavy atom. The van der Waals surface area contributed by atoms with Crippen LogP contribution in [-0.2, 0) is 4.74 Å². The molecule has 1 aliphatic heterocycles. The van der Waals surface area contributed by atoms with Crippen LogP contribution in [0.1, 0.15) is 23.7 Å². The molecule has 6 nitrogen and oxygen atoms in total. The van der Waals surface area contributed by atoms with Gasteiger partial charge in [-0.3, -0.25) is 9.69 Å². The van der Waals surface area contributed by atoms with E-state index < -0.39 is 0 Å². The molecule has 128 valence electrons. The van der Waals surface area contributed by atoms with Gasteiger partial charge in [0, 0.05) is 25.7 Å². The fourth-order valence-electron chi connectivity index (χ4n) is 2.64. The van der Waals surface area contributed by atoms with Crippen molar-refractivity contribution in [3.8, 4) is 11.5 Å². The van der Waals surface area contributed by atoms with Gasteiger partial charge in [-0.25, -0.2) is 0 Å². The van der Waals surface area contributed by atoms with Crippen molar-refractivity contribution in [2.45, 2.75) is 19.4 Å². The lowest BCUT2D eigenvalue weighted by Crippen LogP contribution is -2.40. The summed E-state index contributed by atoms with van der Waals surface area (Å²) in [6, 6.07) is 5.39. The first-order chi connectivity index (χ1) is 11.2. The summed E-state index contributed by atoms with van der Waals surface area (Å²) in [6.07, 6.45) is 0.901. The van der Waals surface area contributed by atoms with E-state index in [9.17, 15) is 4.79 Å². The summed E-state index contributed by atoms with van der Waals surface area (Å²) in [5.41, 5.74) is 0.491. The zero-order valence-electron chi connectivity index (χ0n) is 14.1. The maximum Gasteiger partial charge on any atom is 0.255 e. The molecule has 0 saturated carbocycles. The topological polar surface area (TPSA) is 60.0 Å². The predicted molar refractivity (Wildman–Crippen MR) is 88.4 cm³/mol. The fraction of sp³-hybridized carbons (Fsp3) is 0.588. The number of amides is 1. The average Bonchev–Trinajstić information content (AvgIpc) is 2.59. The lowest BCUT2D eigenvalue weighted by molar-refractivity contribution is 0.0363. The Balaban J connectivity index is 1.90. The molecule has 1 aromatic rings. The van der Waals surface area contributed by atoms with Gasteiger partial charge in [0.15, 0.2) is 11.5 Å². The lowest BCUT2D eigenvalue weighted by Gasteiger charge is -2.27. The van der Waals surface area contributed by atoms with Crippen molar-refractivity contribution in [1.82, 2.24) is 10.2 Å². The summed E-state index contributed by atoms with van der Waals surface area (Å²) in [5, 5.41) is 3.03. The van der Waals surface area contributed by atoms with Gasteiger partial charge in [-0.05, 0) is 25.5 Å². The summed E-state index contributed by atoms with van der Waals surface area (Å²) < 4.78 is 15.9. The summed E-state index contributed by atoms with van der Waals surface area (Å²) >= 11 is 0. The van der Waals surface area contributed by atoms with Crippen LogP contribution in [0.5, 0.6) is 11.5 Å². The molecule has 0 aromatic heterocycles. The van der Waals surface area contributed by atoms with Gasteiger partial charge in [0.05, 0.1) is 33.0 Å². The monoisotopic (exact) mass is 322 g/mol. The van der Waals surface area contributed by atoms with E-state index in [0.29, 0.717) is 17.1 Å². The van der Waals surface area contributed by atoms with Crippen LogP contribution in [0.4, 0.5) is 0 Å². The highest BCUT2D eigenvalue weighted by Crippen LogP contribution is 2.30. The molecule has 0 radical (unpaired) electrons. The smallest absolute Gasteiger partial charge is 0.255 e. The first kappa shape index (κ1) is 17.6. The zero-order chi connectivity index (χ0) is 16.7. The van der Waals surface area contributed by atoms with Gasteiger partial charge in [-0.1, -0.05) is 6.07 Å². The summed E-state index contributed by atoms with van der Waals surface area (Å²) in [5.74, 6) is 0.879. The molecule has 1 fully saturated rings. The molecule has 1 heterocycles. The van der Waals surface area contributed by atoms with Crippen molar-refractivity contribution in [2.75, 3.05) is 47.1 Å². The molecule has 1 amide bonds. The molecule has 1 saturated heterocycles. The normalized spacial score (nSPS) is 16.7. The van der Waals surface area contributed by atoms with E-state index in [1.807, 2.05) is 6.92 Å². The maximum absolute atomic E-state index is 12.5. The number of carbonyl (C=O) groups excluding carboxylic acids is 1. The number of para-hydroxylation sites is 1. The van der Waals surface area contributed by atoms with Crippen molar-refractivity contribution < 1.29 is 19.0 Å². The standard InChI is InChI=1S/C17H26N2O4/c1-13(7-8-19-9-11-23-12-10-19)18-17(20)14-5-4-6-15(21-2)16(14)22-3/h4-6,13H,7-12H2,1-3H3,(H,18,20). The quantitative estimate of drug-likeness (QED) is 0.825. The van der Waals surface area contributed by atoms with Crippen molar-refractivity contribution >= 4 is 5.91 Å². The third-order valence-electron chi connectivity index (χ3n) is 4.01. The van der Waals surface area contributed by atoms with Gasteiger partial charge in [-0.15, -0.1) is 0 Å². The molecule has 0 aliphatic carbocycles. The number of methoxy groups -OCH3 is 2. The predicted octanol–water partition coefficient (Wildman–Crippen LogP) is 1.54. The molecular weight excluding hydrogens is 296 g/mol. The number of hydrogen-bond acceptors (Lipinski definition) is 5. The Hall–Kier alpha value is -1.79. The highest BCUT2D eigenvalue weighted by Gasteiger charge is 2.18. The SMILES string of the molecule is COc1cccc(C(=O)NC(C)CCN2CCOCC2)c1OC. The van der Waals surface area contributed by atoms with Crippen LogP contribution in [0.15, 0.2) is 18.2 Å². The lowest BCUT2D eigenvalue weighted by atomic mass is 10.1. The van der Waals surface area contributed by atoms with Gasteiger partial charge in [0.1, 0.15) is 0 Å². The molecule has 1 unspecified atom stereocenters.